The van der Waals surface area contributed by atoms with E-state index >= 15 is 0 Å². The molecule has 1 aliphatic rings. The molecule has 2 aromatic heterocycles. The lowest BCUT2D eigenvalue weighted by atomic mass is 10.4. The zero-order chi connectivity index (χ0) is 16.6. The van der Waals surface area contributed by atoms with E-state index in [4.69, 9.17) is 5.73 Å². The number of thioether (sulfide) groups is 1. The van der Waals surface area contributed by atoms with Crippen LogP contribution in [-0.2, 0) is 4.79 Å². The maximum Gasteiger partial charge on any atom is 0.274 e. The van der Waals surface area contributed by atoms with Crippen LogP contribution in [0.4, 0.5) is 5.13 Å². The zero-order valence-corrected chi connectivity index (χ0v) is 14.7. The molecule has 124 valence electrons. The highest BCUT2D eigenvalue weighted by molar-refractivity contribution is 7.99. The largest absolute Gasteiger partial charge is 0.369 e. The van der Waals surface area contributed by atoms with Gasteiger partial charge in [-0.05, 0) is 26.7 Å². The van der Waals surface area contributed by atoms with Crippen LogP contribution in [0.5, 0.6) is 0 Å². The molecule has 1 fully saturated rings. The highest BCUT2D eigenvalue weighted by atomic mass is 32.2. The topological polar surface area (TPSA) is 94.1 Å². The third kappa shape index (κ3) is 3.20. The third-order valence-electron chi connectivity index (χ3n) is 3.66. The van der Waals surface area contributed by atoms with Crippen molar-refractivity contribution in [2.75, 3.05) is 23.7 Å². The summed E-state index contributed by atoms with van der Waals surface area (Å²) in [5, 5.41) is 1.35. The molecule has 0 radical (unpaired) electrons. The standard InChI is InChI=1S/C14H19N5O2S2/c1-8(2)19-12(21)10-11(17-14(19)22-7-9(15)20)16-13(23-10)18-5-3-4-6-18/h8H,3-7H2,1-2H3,(H2,15,20). The Bertz CT molecular complexity index is 792. The summed E-state index contributed by atoms with van der Waals surface area (Å²) in [7, 11) is 0. The minimum Gasteiger partial charge on any atom is -0.369 e. The van der Waals surface area contributed by atoms with Crippen molar-refractivity contribution in [3.05, 3.63) is 10.4 Å². The summed E-state index contributed by atoms with van der Waals surface area (Å²) in [5.74, 6) is -0.343. The maximum absolute atomic E-state index is 12.8. The van der Waals surface area contributed by atoms with Crippen LogP contribution in [0.1, 0.15) is 32.7 Å². The molecule has 0 spiro atoms. The van der Waals surface area contributed by atoms with Gasteiger partial charge in [0.25, 0.3) is 5.56 Å². The van der Waals surface area contributed by atoms with Crippen molar-refractivity contribution in [3.8, 4) is 0 Å². The second-order valence-electron chi connectivity index (χ2n) is 5.76. The van der Waals surface area contributed by atoms with Crippen LogP contribution in [-0.4, -0.2) is 39.3 Å². The van der Waals surface area contributed by atoms with Gasteiger partial charge in [-0.2, -0.15) is 4.98 Å². The van der Waals surface area contributed by atoms with Crippen molar-refractivity contribution >= 4 is 44.5 Å². The molecule has 0 saturated carbocycles. The summed E-state index contributed by atoms with van der Waals surface area (Å²) >= 11 is 2.59. The first-order chi connectivity index (χ1) is 11.0. The van der Waals surface area contributed by atoms with E-state index in [-0.39, 0.29) is 17.4 Å². The van der Waals surface area contributed by atoms with Crippen LogP contribution in [0.25, 0.3) is 10.3 Å². The van der Waals surface area contributed by atoms with Gasteiger partial charge in [-0.25, -0.2) is 4.98 Å². The van der Waals surface area contributed by atoms with Gasteiger partial charge in [0.05, 0.1) is 5.75 Å². The minimum absolute atomic E-state index is 0.0490. The highest BCUT2D eigenvalue weighted by Crippen LogP contribution is 2.30. The summed E-state index contributed by atoms with van der Waals surface area (Å²) in [6.45, 7) is 5.79. The number of primary amides is 1. The predicted octanol–water partition coefficient (Wildman–Crippen LogP) is 1.61. The maximum atomic E-state index is 12.8. The van der Waals surface area contributed by atoms with Crippen molar-refractivity contribution < 1.29 is 4.79 Å². The quantitative estimate of drug-likeness (QED) is 0.648. The number of amides is 1. The van der Waals surface area contributed by atoms with Gasteiger partial charge in [-0.15, -0.1) is 0 Å². The zero-order valence-electron chi connectivity index (χ0n) is 13.1. The Kier molecular flexibility index (Phi) is 4.58. The second kappa shape index (κ2) is 6.48. The SMILES string of the molecule is CC(C)n1c(SCC(N)=O)nc2nc(N3CCCC3)sc2c1=O. The van der Waals surface area contributed by atoms with Gasteiger partial charge in [0.15, 0.2) is 15.9 Å². The number of carbonyl (C=O) groups is 1. The number of hydrogen-bond acceptors (Lipinski definition) is 7. The molecule has 23 heavy (non-hydrogen) atoms. The number of hydrogen-bond donors (Lipinski definition) is 1. The molecular formula is C14H19N5O2S2. The van der Waals surface area contributed by atoms with Crippen molar-refractivity contribution in [2.24, 2.45) is 5.73 Å². The van der Waals surface area contributed by atoms with Gasteiger partial charge in [0, 0.05) is 19.1 Å². The van der Waals surface area contributed by atoms with E-state index in [1.807, 2.05) is 13.8 Å². The van der Waals surface area contributed by atoms with Gasteiger partial charge < -0.3 is 10.6 Å². The Labute approximate surface area is 141 Å². The average Bonchev–Trinajstić information content (AvgIpc) is 3.13. The molecule has 2 N–H and O–H groups in total. The highest BCUT2D eigenvalue weighted by Gasteiger charge is 2.21. The van der Waals surface area contributed by atoms with Gasteiger partial charge >= 0.3 is 0 Å². The van der Waals surface area contributed by atoms with E-state index in [9.17, 15) is 9.59 Å². The van der Waals surface area contributed by atoms with Crippen molar-refractivity contribution in [3.63, 3.8) is 0 Å². The molecule has 0 unspecified atom stereocenters. The van der Waals surface area contributed by atoms with Crippen molar-refractivity contribution in [1.82, 2.24) is 14.5 Å². The first-order valence-corrected chi connectivity index (χ1v) is 9.36. The lowest BCUT2D eigenvalue weighted by Gasteiger charge is -2.13. The van der Waals surface area contributed by atoms with E-state index in [0.29, 0.717) is 15.5 Å². The number of carbonyl (C=O) groups excluding carboxylic acids is 1. The first-order valence-electron chi connectivity index (χ1n) is 7.56. The monoisotopic (exact) mass is 353 g/mol. The molecule has 3 rings (SSSR count). The van der Waals surface area contributed by atoms with Gasteiger partial charge in [-0.3, -0.25) is 14.2 Å². The van der Waals surface area contributed by atoms with E-state index in [2.05, 4.69) is 14.9 Å². The smallest absolute Gasteiger partial charge is 0.274 e. The number of fused-ring (bicyclic) bond motifs is 1. The molecule has 0 bridgehead atoms. The van der Waals surface area contributed by atoms with Gasteiger partial charge in [0.1, 0.15) is 4.70 Å². The molecule has 9 heteroatoms. The van der Waals surface area contributed by atoms with Gasteiger partial charge in [-0.1, -0.05) is 23.1 Å². The Morgan fingerprint density at radius 3 is 2.65 bits per heavy atom. The number of nitrogens with two attached hydrogens (primary N) is 1. The number of aromatic nitrogens is 3. The Hall–Kier alpha value is -1.61. The van der Waals surface area contributed by atoms with Crippen LogP contribution in [0.2, 0.25) is 0 Å². The van der Waals surface area contributed by atoms with Crippen LogP contribution >= 0.6 is 23.1 Å². The lowest BCUT2D eigenvalue weighted by molar-refractivity contribution is -0.115. The molecule has 0 aromatic carbocycles. The number of anilines is 1. The van der Waals surface area contributed by atoms with Crippen LogP contribution in [0.15, 0.2) is 9.95 Å². The fraction of sp³-hybridized carbons (Fsp3) is 0.571. The fourth-order valence-electron chi connectivity index (χ4n) is 2.59. The molecule has 7 nitrogen and oxygen atoms in total. The summed E-state index contributed by atoms with van der Waals surface area (Å²) in [6, 6.07) is -0.0490. The average molecular weight is 353 g/mol. The van der Waals surface area contributed by atoms with Crippen molar-refractivity contribution in [1.29, 1.82) is 0 Å². The molecule has 3 heterocycles. The number of thiazole rings is 1. The molecular weight excluding hydrogens is 334 g/mol. The fourth-order valence-corrected chi connectivity index (χ4v) is 4.44. The number of rotatable bonds is 5. The molecule has 2 aromatic rings. The third-order valence-corrected chi connectivity index (χ3v) is 5.72. The Morgan fingerprint density at radius 1 is 1.35 bits per heavy atom. The summed E-state index contributed by atoms with van der Waals surface area (Å²) in [5.41, 5.74) is 5.58. The summed E-state index contributed by atoms with van der Waals surface area (Å²) in [6.07, 6.45) is 2.30. The molecule has 1 amide bonds. The van der Waals surface area contributed by atoms with E-state index in [1.54, 1.807) is 4.57 Å². The van der Waals surface area contributed by atoms with E-state index < -0.39 is 5.91 Å². The Morgan fingerprint density at radius 2 is 2.04 bits per heavy atom. The molecule has 1 saturated heterocycles. The minimum atomic E-state index is -0.435. The van der Waals surface area contributed by atoms with Gasteiger partial charge in [0.2, 0.25) is 5.91 Å². The van der Waals surface area contributed by atoms with E-state index in [0.717, 1.165) is 31.1 Å². The second-order valence-corrected chi connectivity index (χ2v) is 7.68. The first kappa shape index (κ1) is 16.3. The number of nitrogens with zero attached hydrogens (tertiary/aromatic N) is 4. The molecule has 0 aliphatic carbocycles. The van der Waals surface area contributed by atoms with Crippen LogP contribution in [0, 0.1) is 0 Å². The van der Waals surface area contributed by atoms with E-state index in [1.165, 1.54) is 23.1 Å². The molecule has 1 aliphatic heterocycles. The predicted molar refractivity (Wildman–Crippen MR) is 93.4 cm³/mol. The van der Waals surface area contributed by atoms with Crippen LogP contribution in [0.3, 0.4) is 0 Å². The normalized spacial score (nSPS) is 15.0. The Balaban J connectivity index is 2.09. The van der Waals surface area contributed by atoms with Crippen molar-refractivity contribution in [2.45, 2.75) is 37.9 Å². The summed E-state index contributed by atoms with van der Waals surface area (Å²) < 4.78 is 2.19. The lowest BCUT2D eigenvalue weighted by Crippen LogP contribution is -2.25. The summed E-state index contributed by atoms with van der Waals surface area (Å²) in [4.78, 5) is 35.1. The molecule has 0 atom stereocenters. The van der Waals surface area contributed by atoms with Crippen LogP contribution < -0.4 is 16.2 Å².